The normalized spacial score (nSPS) is 23.7. The fourth-order valence-electron chi connectivity index (χ4n) is 3.15. The molecule has 1 saturated heterocycles. The summed E-state index contributed by atoms with van der Waals surface area (Å²) >= 11 is 0. The summed E-state index contributed by atoms with van der Waals surface area (Å²) in [6.45, 7) is 9.13. The lowest BCUT2D eigenvalue weighted by molar-refractivity contribution is 0.204. The minimum Gasteiger partial charge on any atom is -0.328 e. The van der Waals surface area contributed by atoms with Crippen LogP contribution in [0.2, 0.25) is 0 Å². The third kappa shape index (κ3) is 3.80. The molecule has 19 heavy (non-hydrogen) atoms. The Morgan fingerprint density at radius 2 is 1.89 bits per heavy atom. The van der Waals surface area contributed by atoms with E-state index in [1.165, 1.54) is 24.9 Å². The maximum atomic E-state index is 6.07. The smallest absolute Gasteiger partial charge is 0.0350 e. The molecule has 0 aliphatic carbocycles. The molecule has 0 saturated carbocycles. The molecule has 1 fully saturated rings. The fourth-order valence-corrected chi connectivity index (χ4v) is 3.15. The van der Waals surface area contributed by atoms with Gasteiger partial charge in [-0.2, -0.15) is 0 Å². The minimum absolute atomic E-state index is 0.320. The van der Waals surface area contributed by atoms with Crippen LogP contribution in [-0.4, -0.2) is 24.0 Å². The van der Waals surface area contributed by atoms with E-state index in [2.05, 4.69) is 56.0 Å². The topological polar surface area (TPSA) is 29.3 Å². The van der Waals surface area contributed by atoms with Crippen LogP contribution in [0.15, 0.2) is 30.3 Å². The van der Waals surface area contributed by atoms with E-state index in [0.29, 0.717) is 18.0 Å². The second-order valence-corrected chi connectivity index (χ2v) is 6.46. The summed E-state index contributed by atoms with van der Waals surface area (Å²) in [4.78, 5) is 2.64. The summed E-state index contributed by atoms with van der Waals surface area (Å²) in [6, 6.07) is 11.8. The van der Waals surface area contributed by atoms with Crippen LogP contribution in [-0.2, 0) is 0 Å². The van der Waals surface area contributed by atoms with Gasteiger partial charge in [0.1, 0.15) is 0 Å². The van der Waals surface area contributed by atoms with Gasteiger partial charge in [-0.1, -0.05) is 44.2 Å². The molecule has 106 valence electrons. The maximum Gasteiger partial charge on any atom is 0.0350 e. The lowest BCUT2D eigenvalue weighted by Gasteiger charge is -2.30. The molecule has 2 rings (SSSR count). The maximum absolute atomic E-state index is 6.07. The number of benzene rings is 1. The van der Waals surface area contributed by atoms with E-state index in [1.807, 2.05) is 0 Å². The van der Waals surface area contributed by atoms with Gasteiger partial charge in [0.2, 0.25) is 0 Å². The molecule has 2 heteroatoms. The van der Waals surface area contributed by atoms with Crippen LogP contribution >= 0.6 is 0 Å². The third-order valence-electron chi connectivity index (χ3n) is 4.32. The van der Waals surface area contributed by atoms with Crippen LogP contribution in [0.3, 0.4) is 0 Å². The second kappa shape index (κ2) is 6.53. The zero-order valence-electron chi connectivity index (χ0n) is 12.5. The van der Waals surface area contributed by atoms with Crippen molar-refractivity contribution in [3.8, 4) is 0 Å². The van der Waals surface area contributed by atoms with Gasteiger partial charge in [0, 0.05) is 18.6 Å². The monoisotopic (exact) mass is 260 g/mol. The lowest BCUT2D eigenvalue weighted by Crippen LogP contribution is -2.32. The Morgan fingerprint density at radius 3 is 2.42 bits per heavy atom. The van der Waals surface area contributed by atoms with Gasteiger partial charge in [-0.3, -0.25) is 4.90 Å². The van der Waals surface area contributed by atoms with E-state index in [1.54, 1.807) is 0 Å². The molecule has 0 bridgehead atoms. The molecule has 0 amide bonds. The first-order valence-corrected chi connectivity index (χ1v) is 7.62. The summed E-state index contributed by atoms with van der Waals surface area (Å²) < 4.78 is 0. The highest BCUT2D eigenvalue weighted by atomic mass is 15.2. The molecule has 1 aromatic rings. The van der Waals surface area contributed by atoms with Crippen LogP contribution in [0.4, 0.5) is 0 Å². The van der Waals surface area contributed by atoms with Gasteiger partial charge >= 0.3 is 0 Å². The van der Waals surface area contributed by atoms with E-state index in [0.717, 1.165) is 12.5 Å². The summed E-state index contributed by atoms with van der Waals surface area (Å²) in [5.74, 6) is 1.39. The minimum atomic E-state index is 0.320. The van der Waals surface area contributed by atoms with Crippen molar-refractivity contribution in [3.05, 3.63) is 35.9 Å². The summed E-state index contributed by atoms with van der Waals surface area (Å²) in [5.41, 5.74) is 7.53. The largest absolute Gasteiger partial charge is 0.328 e. The number of hydrogen-bond donors (Lipinski definition) is 1. The molecule has 1 aliphatic heterocycles. The van der Waals surface area contributed by atoms with Crippen LogP contribution in [0.1, 0.15) is 45.2 Å². The van der Waals surface area contributed by atoms with Gasteiger partial charge in [0.05, 0.1) is 0 Å². The SMILES string of the molecule is CC(C)CC(c1ccccc1)N1CCC(C(C)N)C1. The van der Waals surface area contributed by atoms with Crippen molar-refractivity contribution < 1.29 is 0 Å². The van der Waals surface area contributed by atoms with Crippen molar-refractivity contribution in [1.82, 2.24) is 4.90 Å². The Kier molecular flexibility index (Phi) is 5.00. The van der Waals surface area contributed by atoms with Crippen LogP contribution in [0.5, 0.6) is 0 Å². The molecule has 3 atom stereocenters. The standard InChI is InChI=1S/C17H28N2/c1-13(2)11-17(15-7-5-4-6-8-15)19-10-9-16(12-19)14(3)18/h4-8,13-14,16-17H,9-12,18H2,1-3H3. The zero-order valence-corrected chi connectivity index (χ0v) is 12.5. The highest BCUT2D eigenvalue weighted by Gasteiger charge is 2.30. The highest BCUT2D eigenvalue weighted by Crippen LogP contribution is 2.33. The molecule has 3 unspecified atom stereocenters. The lowest BCUT2D eigenvalue weighted by atomic mass is 9.95. The quantitative estimate of drug-likeness (QED) is 0.878. The van der Waals surface area contributed by atoms with Crippen molar-refractivity contribution in [3.63, 3.8) is 0 Å². The molecular formula is C17H28N2. The van der Waals surface area contributed by atoms with Crippen molar-refractivity contribution in [2.45, 2.75) is 45.7 Å². The average Bonchev–Trinajstić information content (AvgIpc) is 2.86. The molecule has 2 nitrogen and oxygen atoms in total. The molecule has 1 aromatic carbocycles. The molecule has 1 aliphatic rings. The summed E-state index contributed by atoms with van der Waals surface area (Å²) in [7, 11) is 0. The third-order valence-corrected chi connectivity index (χ3v) is 4.32. The van der Waals surface area contributed by atoms with Crippen molar-refractivity contribution in [1.29, 1.82) is 0 Å². The number of nitrogens with zero attached hydrogens (tertiary/aromatic N) is 1. The first kappa shape index (κ1) is 14.5. The molecule has 0 aromatic heterocycles. The van der Waals surface area contributed by atoms with Gasteiger partial charge in [0.15, 0.2) is 0 Å². The molecule has 2 N–H and O–H groups in total. The molecule has 0 spiro atoms. The number of hydrogen-bond acceptors (Lipinski definition) is 2. The summed E-state index contributed by atoms with van der Waals surface area (Å²) in [5, 5.41) is 0. The molecule has 1 heterocycles. The predicted octanol–water partition coefficient (Wildman–Crippen LogP) is 3.44. The molecular weight excluding hydrogens is 232 g/mol. The Bertz CT molecular complexity index is 372. The fraction of sp³-hybridized carbons (Fsp3) is 0.647. The van der Waals surface area contributed by atoms with Gasteiger partial charge in [-0.05, 0) is 43.7 Å². The predicted molar refractivity (Wildman–Crippen MR) is 82.0 cm³/mol. The summed E-state index contributed by atoms with van der Waals surface area (Å²) in [6.07, 6.45) is 2.48. The van der Waals surface area contributed by atoms with E-state index < -0.39 is 0 Å². The van der Waals surface area contributed by atoms with Crippen molar-refractivity contribution >= 4 is 0 Å². The highest BCUT2D eigenvalue weighted by molar-refractivity contribution is 5.19. The van der Waals surface area contributed by atoms with E-state index in [-0.39, 0.29) is 0 Å². The Morgan fingerprint density at radius 1 is 1.21 bits per heavy atom. The van der Waals surface area contributed by atoms with Gasteiger partial charge in [-0.15, -0.1) is 0 Å². The van der Waals surface area contributed by atoms with E-state index in [9.17, 15) is 0 Å². The Hall–Kier alpha value is -0.860. The van der Waals surface area contributed by atoms with E-state index in [4.69, 9.17) is 5.73 Å². The average molecular weight is 260 g/mol. The molecule has 0 radical (unpaired) electrons. The number of likely N-dealkylation sites (tertiary alicyclic amines) is 1. The number of nitrogens with two attached hydrogens (primary N) is 1. The van der Waals surface area contributed by atoms with Crippen LogP contribution in [0, 0.1) is 11.8 Å². The van der Waals surface area contributed by atoms with Crippen LogP contribution < -0.4 is 5.73 Å². The Labute approximate surface area is 118 Å². The van der Waals surface area contributed by atoms with Crippen molar-refractivity contribution in [2.24, 2.45) is 17.6 Å². The number of rotatable bonds is 5. The van der Waals surface area contributed by atoms with Gasteiger partial charge in [0.25, 0.3) is 0 Å². The van der Waals surface area contributed by atoms with E-state index >= 15 is 0 Å². The van der Waals surface area contributed by atoms with Crippen LogP contribution in [0.25, 0.3) is 0 Å². The Balaban J connectivity index is 2.11. The van der Waals surface area contributed by atoms with Gasteiger partial charge in [-0.25, -0.2) is 0 Å². The first-order valence-electron chi connectivity index (χ1n) is 7.62. The van der Waals surface area contributed by atoms with Crippen molar-refractivity contribution in [2.75, 3.05) is 13.1 Å². The van der Waals surface area contributed by atoms with Gasteiger partial charge < -0.3 is 5.73 Å². The second-order valence-electron chi connectivity index (χ2n) is 6.46. The first-order chi connectivity index (χ1) is 9.08. The zero-order chi connectivity index (χ0) is 13.8.